The van der Waals surface area contributed by atoms with Crippen LogP contribution in [-0.2, 0) is 14.3 Å². The van der Waals surface area contributed by atoms with Gasteiger partial charge < -0.3 is 14.6 Å². The summed E-state index contributed by atoms with van der Waals surface area (Å²) in [5, 5.41) is 9.65. The first kappa shape index (κ1) is 13.3. The number of rotatable bonds is 3. The number of halogens is 5. The molecule has 0 bridgehead atoms. The first-order valence-corrected chi connectivity index (χ1v) is 3.13. The molecule has 0 aromatic rings. The van der Waals surface area contributed by atoms with Gasteiger partial charge in [-0.1, -0.05) is 0 Å². The lowest BCUT2D eigenvalue weighted by molar-refractivity contribution is -0.374. The molecule has 0 atom stereocenters. The van der Waals surface area contributed by atoms with E-state index in [0.717, 1.165) is 0 Å². The standard InChI is InChI=1S/C6H3F5O4/c7-5(8,9)6(10,11)15-4(14)2-1-3(12)13/h1-2H,(H,12,13)/p-1/b2-1+. The number of carboxylic acids is 1. The molecule has 0 spiro atoms. The van der Waals surface area contributed by atoms with E-state index in [1.54, 1.807) is 0 Å². The van der Waals surface area contributed by atoms with Crippen molar-refractivity contribution < 1.29 is 41.4 Å². The van der Waals surface area contributed by atoms with E-state index in [1.807, 2.05) is 0 Å². The van der Waals surface area contributed by atoms with Crippen molar-refractivity contribution in [2.45, 2.75) is 12.3 Å². The van der Waals surface area contributed by atoms with Gasteiger partial charge in [0.2, 0.25) is 0 Å². The number of alkyl halides is 5. The van der Waals surface area contributed by atoms with Crippen molar-refractivity contribution in [1.82, 2.24) is 0 Å². The Kier molecular flexibility index (Phi) is 3.76. The van der Waals surface area contributed by atoms with E-state index in [9.17, 15) is 36.6 Å². The average Bonchev–Trinajstić information content (AvgIpc) is 1.97. The Labute approximate surface area is 78.9 Å². The number of carbonyl (C=O) groups excluding carboxylic acids is 2. The highest BCUT2D eigenvalue weighted by Gasteiger charge is 2.61. The van der Waals surface area contributed by atoms with Gasteiger partial charge in [-0.3, -0.25) is 0 Å². The lowest BCUT2D eigenvalue weighted by atomic mass is 10.5. The van der Waals surface area contributed by atoms with Crippen molar-refractivity contribution in [3.05, 3.63) is 12.2 Å². The van der Waals surface area contributed by atoms with E-state index in [0.29, 0.717) is 0 Å². The largest absolute Gasteiger partial charge is 0.545 e. The van der Waals surface area contributed by atoms with E-state index >= 15 is 0 Å². The summed E-state index contributed by atoms with van der Waals surface area (Å²) in [5.74, 6) is -4.09. The van der Waals surface area contributed by atoms with Crippen LogP contribution in [0.2, 0.25) is 0 Å². The van der Waals surface area contributed by atoms with Crippen LogP contribution in [0.15, 0.2) is 12.2 Å². The Morgan fingerprint density at radius 2 is 1.53 bits per heavy atom. The molecular formula is C6H2F5O4-. The Hall–Kier alpha value is -1.67. The number of carbonyl (C=O) groups is 2. The molecular weight excluding hydrogens is 231 g/mol. The Morgan fingerprint density at radius 3 is 1.87 bits per heavy atom. The zero-order valence-corrected chi connectivity index (χ0v) is 6.68. The molecule has 9 heteroatoms. The van der Waals surface area contributed by atoms with Gasteiger partial charge in [-0.2, -0.15) is 22.0 Å². The molecule has 0 saturated heterocycles. The predicted molar refractivity (Wildman–Crippen MR) is 31.2 cm³/mol. The third kappa shape index (κ3) is 4.38. The highest BCUT2D eigenvalue weighted by molar-refractivity contribution is 5.90. The molecule has 0 aliphatic heterocycles. The molecule has 0 aliphatic rings. The molecule has 0 N–H and O–H groups in total. The van der Waals surface area contributed by atoms with Gasteiger partial charge in [0.05, 0.1) is 5.97 Å². The SMILES string of the molecule is O=C([O-])/C=C/C(=O)OC(F)(F)C(F)(F)F. The summed E-state index contributed by atoms with van der Waals surface area (Å²) in [4.78, 5) is 19.9. The second kappa shape index (κ2) is 4.24. The lowest BCUT2D eigenvalue weighted by Crippen LogP contribution is -2.40. The second-order valence-corrected chi connectivity index (χ2v) is 2.09. The molecule has 0 radical (unpaired) electrons. The fourth-order valence-electron chi connectivity index (χ4n) is 0.354. The summed E-state index contributed by atoms with van der Waals surface area (Å²) in [7, 11) is 0. The van der Waals surface area contributed by atoms with Crippen molar-refractivity contribution in [3.8, 4) is 0 Å². The maximum absolute atomic E-state index is 11.9. The van der Waals surface area contributed by atoms with Gasteiger partial charge >= 0.3 is 18.3 Å². The molecule has 0 unspecified atom stereocenters. The summed E-state index contributed by atoms with van der Waals surface area (Å²) in [5.41, 5.74) is 0. The number of hydrogen-bond donors (Lipinski definition) is 0. The minimum Gasteiger partial charge on any atom is -0.545 e. The van der Waals surface area contributed by atoms with E-state index in [1.165, 1.54) is 0 Å². The monoisotopic (exact) mass is 233 g/mol. The summed E-state index contributed by atoms with van der Waals surface area (Å²) in [6.07, 6.45) is -11.9. The van der Waals surface area contributed by atoms with Crippen molar-refractivity contribution in [3.63, 3.8) is 0 Å². The quantitative estimate of drug-likeness (QED) is 0.390. The first-order valence-electron chi connectivity index (χ1n) is 3.13. The van der Waals surface area contributed by atoms with Crippen LogP contribution in [-0.4, -0.2) is 24.2 Å². The van der Waals surface area contributed by atoms with E-state index in [2.05, 4.69) is 4.74 Å². The first-order chi connectivity index (χ1) is 6.56. The Balaban J connectivity index is 4.49. The average molecular weight is 233 g/mol. The van der Waals surface area contributed by atoms with Crippen molar-refractivity contribution in [1.29, 1.82) is 0 Å². The zero-order chi connectivity index (χ0) is 12.3. The number of ether oxygens (including phenoxy) is 1. The van der Waals surface area contributed by atoms with Crippen LogP contribution in [0.25, 0.3) is 0 Å². The third-order valence-electron chi connectivity index (χ3n) is 0.914. The molecule has 0 fully saturated rings. The summed E-state index contributed by atoms with van der Waals surface area (Å²) in [6.45, 7) is 0. The van der Waals surface area contributed by atoms with Crippen LogP contribution < -0.4 is 5.11 Å². The van der Waals surface area contributed by atoms with Crippen LogP contribution in [0.3, 0.4) is 0 Å². The molecule has 0 amide bonds. The van der Waals surface area contributed by atoms with Gasteiger partial charge in [0, 0.05) is 6.08 Å². The minimum absolute atomic E-state index is 0.0468. The van der Waals surface area contributed by atoms with E-state index < -0.39 is 24.2 Å². The maximum atomic E-state index is 11.9. The van der Waals surface area contributed by atoms with Gasteiger partial charge in [0.1, 0.15) is 0 Å². The molecule has 0 aromatic heterocycles. The topological polar surface area (TPSA) is 66.4 Å². The summed E-state index contributed by atoms with van der Waals surface area (Å²) in [6, 6.07) is 0. The highest BCUT2D eigenvalue weighted by Crippen LogP contribution is 2.36. The van der Waals surface area contributed by atoms with E-state index in [-0.39, 0.29) is 12.2 Å². The number of hydrogen-bond acceptors (Lipinski definition) is 4. The predicted octanol–water partition coefficient (Wildman–Crippen LogP) is -0.00920. The Morgan fingerprint density at radius 1 is 1.07 bits per heavy atom. The molecule has 0 heterocycles. The van der Waals surface area contributed by atoms with Crippen LogP contribution in [0.4, 0.5) is 22.0 Å². The normalized spacial score (nSPS) is 12.9. The van der Waals surface area contributed by atoms with Gasteiger partial charge in [0.15, 0.2) is 0 Å². The van der Waals surface area contributed by atoms with E-state index in [4.69, 9.17) is 0 Å². The molecule has 0 rings (SSSR count). The Bertz CT molecular complexity index is 292. The lowest BCUT2D eigenvalue weighted by Gasteiger charge is -2.17. The van der Waals surface area contributed by atoms with Crippen LogP contribution >= 0.6 is 0 Å². The van der Waals surface area contributed by atoms with Gasteiger partial charge in [-0.15, -0.1) is 0 Å². The van der Waals surface area contributed by atoms with Gasteiger partial charge in [-0.05, 0) is 6.08 Å². The molecule has 4 nitrogen and oxygen atoms in total. The fraction of sp³-hybridized carbons (Fsp3) is 0.333. The number of carboxylic acid groups (broad SMARTS) is 1. The van der Waals surface area contributed by atoms with Crippen molar-refractivity contribution in [2.24, 2.45) is 0 Å². The molecule has 0 aliphatic carbocycles. The second-order valence-electron chi connectivity index (χ2n) is 2.09. The fourth-order valence-corrected chi connectivity index (χ4v) is 0.354. The third-order valence-corrected chi connectivity index (χ3v) is 0.914. The molecule has 86 valence electrons. The summed E-state index contributed by atoms with van der Waals surface area (Å²) < 4.78 is 60.8. The van der Waals surface area contributed by atoms with Gasteiger partial charge in [-0.25, -0.2) is 4.79 Å². The number of esters is 1. The van der Waals surface area contributed by atoms with Crippen LogP contribution in [0, 0.1) is 0 Å². The van der Waals surface area contributed by atoms with Gasteiger partial charge in [0.25, 0.3) is 0 Å². The molecule has 0 saturated carbocycles. The maximum Gasteiger partial charge on any atom is 0.501 e. The zero-order valence-electron chi connectivity index (χ0n) is 6.68. The number of aliphatic carboxylic acids is 1. The van der Waals surface area contributed by atoms with Crippen LogP contribution in [0.5, 0.6) is 0 Å². The highest BCUT2D eigenvalue weighted by atomic mass is 19.4. The minimum atomic E-state index is -6.06. The van der Waals surface area contributed by atoms with Crippen molar-refractivity contribution in [2.75, 3.05) is 0 Å². The van der Waals surface area contributed by atoms with Crippen LogP contribution in [0.1, 0.15) is 0 Å². The summed E-state index contributed by atoms with van der Waals surface area (Å²) >= 11 is 0. The molecule has 0 aromatic carbocycles. The van der Waals surface area contributed by atoms with Crippen molar-refractivity contribution >= 4 is 11.9 Å². The smallest absolute Gasteiger partial charge is 0.501 e. The molecule has 15 heavy (non-hydrogen) atoms.